The number of aromatic nitrogens is 1. The lowest BCUT2D eigenvalue weighted by Crippen LogP contribution is -2.42. The van der Waals surface area contributed by atoms with Crippen molar-refractivity contribution in [3.05, 3.63) is 30.1 Å². The zero-order valence-electron chi connectivity index (χ0n) is 13.4. The van der Waals surface area contributed by atoms with Crippen LogP contribution in [0.15, 0.2) is 24.4 Å². The van der Waals surface area contributed by atoms with Gasteiger partial charge >= 0.3 is 0 Å². The second-order valence-corrected chi connectivity index (χ2v) is 5.56. The molecule has 4 heteroatoms. The van der Waals surface area contributed by atoms with E-state index in [0.29, 0.717) is 0 Å². The maximum absolute atomic E-state index is 6.37. The van der Waals surface area contributed by atoms with E-state index >= 15 is 0 Å². The number of likely N-dealkylation sites (N-methyl/N-ethyl adjacent to an activating group) is 1. The summed E-state index contributed by atoms with van der Waals surface area (Å²) in [6, 6.07) is 6.44. The first-order valence-corrected chi connectivity index (χ1v) is 7.65. The molecule has 114 valence electrons. The first-order valence-electron chi connectivity index (χ1n) is 7.65. The van der Waals surface area contributed by atoms with Gasteiger partial charge in [0.25, 0.3) is 0 Å². The fraction of sp³-hybridized carbons (Fsp3) is 0.688. The Morgan fingerprint density at radius 1 is 1.20 bits per heavy atom. The molecule has 2 N–H and O–H groups in total. The van der Waals surface area contributed by atoms with Crippen LogP contribution in [0.1, 0.15) is 38.4 Å². The Hall–Kier alpha value is -0.970. The second kappa shape index (κ2) is 9.06. The Morgan fingerprint density at radius 2 is 1.95 bits per heavy atom. The van der Waals surface area contributed by atoms with Crippen LogP contribution < -0.4 is 5.73 Å². The minimum absolute atomic E-state index is 0.129. The van der Waals surface area contributed by atoms with E-state index in [1.165, 1.54) is 0 Å². The summed E-state index contributed by atoms with van der Waals surface area (Å²) in [5.74, 6) is 0. The first-order chi connectivity index (χ1) is 9.60. The molecular formula is C16H30N4. The van der Waals surface area contributed by atoms with Gasteiger partial charge in [0.1, 0.15) is 0 Å². The molecule has 1 rings (SSSR count). The van der Waals surface area contributed by atoms with E-state index < -0.39 is 0 Å². The molecule has 0 amide bonds. The maximum Gasteiger partial charge on any atom is 0.0673 e. The van der Waals surface area contributed by atoms with Gasteiger partial charge in [-0.1, -0.05) is 19.9 Å². The van der Waals surface area contributed by atoms with Crippen LogP contribution in [0.2, 0.25) is 0 Å². The largest absolute Gasteiger partial charge is 0.326 e. The zero-order valence-corrected chi connectivity index (χ0v) is 13.4. The van der Waals surface area contributed by atoms with Crippen LogP contribution in [0.5, 0.6) is 0 Å². The van der Waals surface area contributed by atoms with Gasteiger partial charge in [-0.05, 0) is 52.2 Å². The van der Waals surface area contributed by atoms with E-state index in [9.17, 15) is 0 Å². The van der Waals surface area contributed by atoms with E-state index in [1.807, 2.05) is 18.3 Å². The standard InChI is InChI=1S/C16H30N4/c1-5-14(17)16(15-10-7-8-11-18-15)20(6-2)13-9-12-19(3)4/h7-8,10-11,14,16H,5-6,9,12-13,17H2,1-4H3. The third-order valence-corrected chi connectivity index (χ3v) is 3.72. The molecule has 1 aromatic rings. The van der Waals surface area contributed by atoms with Crippen molar-refractivity contribution in [3.63, 3.8) is 0 Å². The number of hydrogen-bond donors (Lipinski definition) is 1. The average molecular weight is 278 g/mol. The molecule has 0 fully saturated rings. The normalized spacial score (nSPS) is 14.8. The molecule has 0 spiro atoms. The molecule has 2 atom stereocenters. The summed E-state index contributed by atoms with van der Waals surface area (Å²) in [6.45, 7) is 7.51. The SMILES string of the molecule is CCC(N)C(c1ccccn1)N(CC)CCCN(C)C. The average Bonchev–Trinajstić information content (AvgIpc) is 2.46. The quantitative estimate of drug-likeness (QED) is 0.751. The van der Waals surface area contributed by atoms with Crippen molar-refractivity contribution in [3.8, 4) is 0 Å². The lowest BCUT2D eigenvalue weighted by molar-refractivity contribution is 0.166. The third kappa shape index (κ3) is 5.19. The van der Waals surface area contributed by atoms with Gasteiger partial charge in [0, 0.05) is 18.8 Å². The molecule has 0 aliphatic heterocycles. The van der Waals surface area contributed by atoms with Gasteiger partial charge in [-0.3, -0.25) is 9.88 Å². The fourth-order valence-corrected chi connectivity index (χ4v) is 2.54. The second-order valence-electron chi connectivity index (χ2n) is 5.56. The van der Waals surface area contributed by atoms with Gasteiger partial charge in [0.05, 0.1) is 11.7 Å². The van der Waals surface area contributed by atoms with Gasteiger partial charge in [0.2, 0.25) is 0 Å². The van der Waals surface area contributed by atoms with Crippen molar-refractivity contribution in [2.75, 3.05) is 33.7 Å². The first kappa shape index (κ1) is 17.1. The van der Waals surface area contributed by atoms with E-state index in [2.05, 4.69) is 48.8 Å². The molecular weight excluding hydrogens is 248 g/mol. The minimum Gasteiger partial charge on any atom is -0.326 e. The van der Waals surface area contributed by atoms with Crippen molar-refractivity contribution in [1.29, 1.82) is 0 Å². The van der Waals surface area contributed by atoms with Crippen LogP contribution in [-0.4, -0.2) is 54.6 Å². The molecule has 0 bridgehead atoms. The molecule has 0 aliphatic carbocycles. The predicted octanol–water partition coefficient (Wildman–Crippen LogP) is 2.13. The van der Waals surface area contributed by atoms with Gasteiger partial charge < -0.3 is 10.6 Å². The summed E-state index contributed by atoms with van der Waals surface area (Å²) in [7, 11) is 4.23. The molecule has 0 aromatic carbocycles. The number of pyridine rings is 1. The maximum atomic E-state index is 6.37. The smallest absolute Gasteiger partial charge is 0.0673 e. The number of nitrogens with zero attached hydrogens (tertiary/aromatic N) is 3. The molecule has 20 heavy (non-hydrogen) atoms. The fourth-order valence-electron chi connectivity index (χ4n) is 2.54. The molecule has 0 radical (unpaired) electrons. The highest BCUT2D eigenvalue weighted by Gasteiger charge is 2.25. The molecule has 4 nitrogen and oxygen atoms in total. The van der Waals surface area contributed by atoms with Crippen molar-refractivity contribution in [2.45, 2.75) is 38.8 Å². The summed E-state index contributed by atoms with van der Waals surface area (Å²) < 4.78 is 0. The number of nitrogens with two attached hydrogens (primary N) is 1. The Kier molecular flexibility index (Phi) is 7.73. The zero-order chi connectivity index (χ0) is 15.0. The van der Waals surface area contributed by atoms with Gasteiger partial charge in [-0.15, -0.1) is 0 Å². The Bertz CT molecular complexity index is 353. The van der Waals surface area contributed by atoms with Crippen LogP contribution >= 0.6 is 0 Å². The molecule has 1 aromatic heterocycles. The van der Waals surface area contributed by atoms with Crippen molar-refractivity contribution < 1.29 is 0 Å². The van der Waals surface area contributed by atoms with E-state index in [1.54, 1.807) is 0 Å². The van der Waals surface area contributed by atoms with Gasteiger partial charge in [0.15, 0.2) is 0 Å². The number of rotatable bonds is 9. The molecule has 0 saturated heterocycles. The van der Waals surface area contributed by atoms with Crippen LogP contribution in [-0.2, 0) is 0 Å². The van der Waals surface area contributed by atoms with Gasteiger partial charge in [-0.2, -0.15) is 0 Å². The topological polar surface area (TPSA) is 45.4 Å². The van der Waals surface area contributed by atoms with E-state index in [-0.39, 0.29) is 12.1 Å². The number of hydrogen-bond acceptors (Lipinski definition) is 4. The monoisotopic (exact) mass is 278 g/mol. The summed E-state index contributed by atoms with van der Waals surface area (Å²) in [6.07, 6.45) is 3.98. The Morgan fingerprint density at radius 3 is 2.45 bits per heavy atom. The molecule has 0 saturated carbocycles. The van der Waals surface area contributed by atoms with Crippen molar-refractivity contribution in [1.82, 2.24) is 14.8 Å². The lowest BCUT2D eigenvalue weighted by atomic mass is 10.00. The Balaban J connectivity index is 2.79. The van der Waals surface area contributed by atoms with Crippen molar-refractivity contribution in [2.24, 2.45) is 5.73 Å². The highest BCUT2D eigenvalue weighted by atomic mass is 15.2. The van der Waals surface area contributed by atoms with Gasteiger partial charge in [-0.25, -0.2) is 0 Å². The Labute approximate surface area is 124 Å². The summed E-state index contributed by atoms with van der Waals surface area (Å²) >= 11 is 0. The van der Waals surface area contributed by atoms with Crippen LogP contribution in [0.25, 0.3) is 0 Å². The minimum atomic E-state index is 0.129. The van der Waals surface area contributed by atoms with Crippen LogP contribution in [0.4, 0.5) is 0 Å². The van der Waals surface area contributed by atoms with E-state index in [0.717, 1.165) is 38.2 Å². The lowest BCUT2D eigenvalue weighted by Gasteiger charge is -2.34. The molecule has 2 unspecified atom stereocenters. The predicted molar refractivity (Wildman–Crippen MR) is 85.7 cm³/mol. The molecule has 1 heterocycles. The molecule has 0 aliphatic rings. The summed E-state index contributed by atoms with van der Waals surface area (Å²) in [5.41, 5.74) is 7.46. The third-order valence-electron chi connectivity index (χ3n) is 3.72. The highest BCUT2D eigenvalue weighted by molar-refractivity contribution is 5.11. The van der Waals surface area contributed by atoms with Crippen molar-refractivity contribution >= 4 is 0 Å². The highest BCUT2D eigenvalue weighted by Crippen LogP contribution is 2.23. The summed E-state index contributed by atoms with van der Waals surface area (Å²) in [5, 5.41) is 0. The van der Waals surface area contributed by atoms with Crippen LogP contribution in [0.3, 0.4) is 0 Å². The van der Waals surface area contributed by atoms with E-state index in [4.69, 9.17) is 5.73 Å². The van der Waals surface area contributed by atoms with Crippen LogP contribution in [0, 0.1) is 0 Å². The summed E-state index contributed by atoms with van der Waals surface area (Å²) in [4.78, 5) is 9.21.